The Hall–Kier alpha value is -1.58. The summed E-state index contributed by atoms with van der Waals surface area (Å²) in [5.74, 6) is -0.284. The Balaban J connectivity index is 1.99. The third kappa shape index (κ3) is 4.72. The van der Waals surface area contributed by atoms with E-state index in [1.807, 2.05) is 6.07 Å². The van der Waals surface area contributed by atoms with Gasteiger partial charge in [-0.3, -0.25) is 4.79 Å². The van der Waals surface area contributed by atoms with Crippen molar-refractivity contribution in [2.24, 2.45) is 5.41 Å². The van der Waals surface area contributed by atoms with Gasteiger partial charge in [-0.25, -0.2) is 8.42 Å². The molecular formula is C15H17ClN2O3S. The fraction of sp³-hybridized carbons (Fsp3) is 0.467. The van der Waals surface area contributed by atoms with Crippen molar-refractivity contribution in [3.8, 4) is 6.07 Å². The fourth-order valence-electron chi connectivity index (χ4n) is 2.50. The molecule has 1 saturated carbocycles. The fourth-order valence-corrected chi connectivity index (χ4v) is 4.13. The van der Waals surface area contributed by atoms with Crippen molar-refractivity contribution in [3.05, 3.63) is 34.9 Å². The van der Waals surface area contributed by atoms with Gasteiger partial charge in [0, 0.05) is 17.7 Å². The summed E-state index contributed by atoms with van der Waals surface area (Å²) < 4.78 is 22.8. The number of benzene rings is 1. The Labute approximate surface area is 135 Å². The van der Waals surface area contributed by atoms with Crippen molar-refractivity contribution >= 4 is 27.3 Å². The number of rotatable bonds is 6. The number of carbonyl (C=O) groups excluding carboxylic acids is 1. The minimum absolute atomic E-state index is 0.0194. The van der Waals surface area contributed by atoms with Crippen molar-refractivity contribution in [2.45, 2.75) is 25.3 Å². The van der Waals surface area contributed by atoms with Crippen LogP contribution in [0.3, 0.4) is 0 Å². The molecule has 0 aromatic heterocycles. The summed E-state index contributed by atoms with van der Waals surface area (Å²) in [6, 6.07) is 7.93. The summed E-state index contributed by atoms with van der Waals surface area (Å²) in [7, 11) is -3.12. The number of nitrogens with zero attached hydrogens (tertiary/aromatic N) is 1. The maximum Gasteiger partial charge on any atom is 0.221 e. The number of sulfone groups is 1. The zero-order valence-electron chi connectivity index (χ0n) is 12.2. The summed E-state index contributed by atoms with van der Waals surface area (Å²) >= 11 is 5.80. The van der Waals surface area contributed by atoms with E-state index in [4.69, 9.17) is 11.6 Å². The normalized spacial score (nSPS) is 17.3. The predicted octanol–water partition coefficient (Wildman–Crippen LogP) is 2.24. The second-order valence-corrected chi connectivity index (χ2v) is 8.50. The molecule has 0 bridgehead atoms. The van der Waals surface area contributed by atoms with E-state index in [2.05, 4.69) is 5.32 Å². The first-order valence-electron chi connectivity index (χ1n) is 6.85. The Morgan fingerprint density at radius 3 is 2.45 bits per heavy atom. The van der Waals surface area contributed by atoms with Gasteiger partial charge >= 0.3 is 0 Å². The summed E-state index contributed by atoms with van der Waals surface area (Å²) in [6.45, 7) is 0. The van der Waals surface area contributed by atoms with Crippen LogP contribution in [-0.2, 0) is 14.6 Å². The smallest absolute Gasteiger partial charge is 0.221 e. The van der Waals surface area contributed by atoms with Gasteiger partial charge in [-0.15, -0.1) is 0 Å². The van der Waals surface area contributed by atoms with Crippen LogP contribution in [0.25, 0.3) is 0 Å². The van der Waals surface area contributed by atoms with Gasteiger partial charge in [-0.1, -0.05) is 23.7 Å². The first-order chi connectivity index (χ1) is 10.2. The van der Waals surface area contributed by atoms with Crippen LogP contribution in [0.5, 0.6) is 0 Å². The topological polar surface area (TPSA) is 87.0 Å². The molecule has 118 valence electrons. The molecule has 7 heteroatoms. The van der Waals surface area contributed by atoms with E-state index < -0.39 is 21.3 Å². The summed E-state index contributed by atoms with van der Waals surface area (Å²) in [6.07, 6.45) is 2.76. The molecule has 1 aromatic carbocycles. The van der Waals surface area contributed by atoms with Crippen LogP contribution in [-0.4, -0.2) is 26.3 Å². The Kier molecular flexibility index (Phi) is 4.78. The summed E-state index contributed by atoms with van der Waals surface area (Å²) in [4.78, 5) is 12.1. The van der Waals surface area contributed by atoms with Crippen molar-refractivity contribution < 1.29 is 13.2 Å². The molecular weight excluding hydrogens is 324 g/mol. The van der Waals surface area contributed by atoms with Crippen LogP contribution < -0.4 is 5.32 Å². The standard InChI is InChI=1S/C15H17ClN2O3S/c1-22(20,21)10-15(6-7-15)8-14(19)18-13(9-17)11-2-4-12(16)5-3-11/h2-5,13H,6-8,10H2,1H3,(H,18,19). The lowest BCUT2D eigenvalue weighted by molar-refractivity contribution is -0.122. The lowest BCUT2D eigenvalue weighted by Gasteiger charge is -2.16. The van der Waals surface area contributed by atoms with Crippen LogP contribution >= 0.6 is 11.6 Å². The lowest BCUT2D eigenvalue weighted by atomic mass is 10.0. The third-order valence-electron chi connectivity index (χ3n) is 3.70. The average molecular weight is 341 g/mol. The maximum atomic E-state index is 12.1. The van der Waals surface area contributed by atoms with E-state index >= 15 is 0 Å². The van der Waals surface area contributed by atoms with Gasteiger partial charge in [-0.2, -0.15) is 5.26 Å². The van der Waals surface area contributed by atoms with Gasteiger partial charge in [0.1, 0.15) is 15.9 Å². The molecule has 0 spiro atoms. The third-order valence-corrected chi connectivity index (χ3v) is 5.09. The highest BCUT2D eigenvalue weighted by molar-refractivity contribution is 7.90. The number of nitrogens with one attached hydrogen (secondary N) is 1. The molecule has 1 atom stereocenters. The van der Waals surface area contributed by atoms with E-state index in [9.17, 15) is 18.5 Å². The molecule has 1 N–H and O–H groups in total. The molecule has 0 radical (unpaired) electrons. The van der Waals surface area contributed by atoms with E-state index in [0.717, 1.165) is 12.8 Å². The second-order valence-electron chi connectivity index (χ2n) is 5.93. The molecule has 5 nitrogen and oxygen atoms in total. The molecule has 1 aliphatic rings. The number of amides is 1. The zero-order valence-corrected chi connectivity index (χ0v) is 13.7. The molecule has 22 heavy (non-hydrogen) atoms. The van der Waals surface area contributed by atoms with Crippen molar-refractivity contribution in [3.63, 3.8) is 0 Å². The van der Waals surface area contributed by atoms with Crippen LogP contribution in [0.1, 0.15) is 30.9 Å². The molecule has 2 rings (SSSR count). The van der Waals surface area contributed by atoms with Gasteiger partial charge in [0.25, 0.3) is 0 Å². The van der Waals surface area contributed by atoms with Crippen LogP contribution in [0.2, 0.25) is 5.02 Å². The first-order valence-corrected chi connectivity index (χ1v) is 9.29. The quantitative estimate of drug-likeness (QED) is 0.860. The minimum Gasteiger partial charge on any atom is -0.337 e. The van der Waals surface area contributed by atoms with Gasteiger partial charge in [0.15, 0.2) is 0 Å². The maximum absolute atomic E-state index is 12.1. The first kappa shape index (κ1) is 16.8. The highest BCUT2D eigenvalue weighted by atomic mass is 35.5. The number of hydrogen-bond acceptors (Lipinski definition) is 4. The molecule has 1 amide bonds. The van der Waals surface area contributed by atoms with Crippen molar-refractivity contribution in [1.82, 2.24) is 5.32 Å². The molecule has 1 fully saturated rings. The highest BCUT2D eigenvalue weighted by Gasteiger charge is 2.46. The Bertz CT molecular complexity index is 703. The van der Waals surface area contributed by atoms with Crippen LogP contribution in [0.15, 0.2) is 24.3 Å². The van der Waals surface area contributed by atoms with Gasteiger partial charge in [0.2, 0.25) is 5.91 Å². The van der Waals surface area contributed by atoms with E-state index in [0.29, 0.717) is 10.6 Å². The molecule has 0 aliphatic heterocycles. The number of hydrogen-bond donors (Lipinski definition) is 1. The lowest BCUT2D eigenvalue weighted by Crippen LogP contribution is -2.31. The molecule has 1 aromatic rings. The number of carbonyl (C=O) groups is 1. The largest absolute Gasteiger partial charge is 0.337 e. The van der Waals surface area contributed by atoms with Gasteiger partial charge in [-0.05, 0) is 36.0 Å². The number of nitriles is 1. The Morgan fingerprint density at radius 2 is 2.00 bits per heavy atom. The van der Waals surface area contributed by atoms with E-state index in [1.165, 1.54) is 6.26 Å². The summed E-state index contributed by atoms with van der Waals surface area (Å²) in [5, 5.41) is 12.4. The van der Waals surface area contributed by atoms with Crippen molar-refractivity contribution in [2.75, 3.05) is 12.0 Å². The van der Waals surface area contributed by atoms with Crippen LogP contribution in [0.4, 0.5) is 0 Å². The molecule has 1 unspecified atom stereocenters. The highest BCUT2D eigenvalue weighted by Crippen LogP contribution is 2.49. The summed E-state index contributed by atoms with van der Waals surface area (Å²) in [5.41, 5.74) is 0.200. The van der Waals surface area contributed by atoms with E-state index in [-0.39, 0.29) is 18.1 Å². The molecule has 0 saturated heterocycles. The Morgan fingerprint density at radius 1 is 1.41 bits per heavy atom. The van der Waals surface area contributed by atoms with Crippen molar-refractivity contribution in [1.29, 1.82) is 5.26 Å². The SMILES string of the molecule is CS(=O)(=O)CC1(CC(=O)NC(C#N)c2ccc(Cl)cc2)CC1. The predicted molar refractivity (Wildman–Crippen MR) is 83.9 cm³/mol. The number of halogens is 1. The average Bonchev–Trinajstić information content (AvgIpc) is 3.13. The molecule has 0 heterocycles. The van der Waals surface area contributed by atoms with Gasteiger partial charge < -0.3 is 5.32 Å². The van der Waals surface area contributed by atoms with Gasteiger partial charge in [0.05, 0.1) is 11.8 Å². The zero-order chi connectivity index (χ0) is 16.4. The minimum atomic E-state index is -3.12. The monoisotopic (exact) mass is 340 g/mol. The molecule has 1 aliphatic carbocycles. The van der Waals surface area contributed by atoms with E-state index in [1.54, 1.807) is 24.3 Å². The second kappa shape index (κ2) is 6.27. The van der Waals surface area contributed by atoms with Crippen LogP contribution in [0, 0.1) is 16.7 Å².